The van der Waals surface area contributed by atoms with Crippen LogP contribution in [0.2, 0.25) is 0 Å². The summed E-state index contributed by atoms with van der Waals surface area (Å²) in [5, 5.41) is 2.87. The van der Waals surface area contributed by atoms with Gasteiger partial charge in [0.15, 0.2) is 0 Å². The number of methoxy groups -OCH3 is 1. The van der Waals surface area contributed by atoms with Gasteiger partial charge in [-0.3, -0.25) is 9.59 Å². The number of hydrogen-bond acceptors (Lipinski definition) is 3. The van der Waals surface area contributed by atoms with Crippen LogP contribution in [0.4, 0.5) is 5.69 Å². The standard InChI is InChI=1S/C22H26N2O3/c1-24(16-10-4-3-5-11-16)22(26)17-12-6-8-14-19(17)23-21(25)18-13-7-9-15-20(18)27-2/h6-9,12-16H,3-5,10-11H2,1-2H3,(H,23,25). The van der Waals surface area contributed by atoms with Crippen molar-refractivity contribution in [2.24, 2.45) is 0 Å². The summed E-state index contributed by atoms with van der Waals surface area (Å²) < 4.78 is 5.26. The molecule has 1 aliphatic rings. The van der Waals surface area contributed by atoms with Gasteiger partial charge in [0.25, 0.3) is 11.8 Å². The van der Waals surface area contributed by atoms with Gasteiger partial charge < -0.3 is 15.0 Å². The molecule has 5 nitrogen and oxygen atoms in total. The Morgan fingerprint density at radius 2 is 1.59 bits per heavy atom. The molecule has 0 heterocycles. The third-order valence-electron chi connectivity index (χ3n) is 5.20. The topological polar surface area (TPSA) is 58.6 Å². The third-order valence-corrected chi connectivity index (χ3v) is 5.20. The summed E-state index contributed by atoms with van der Waals surface area (Å²) in [6.07, 6.45) is 5.64. The van der Waals surface area contributed by atoms with E-state index >= 15 is 0 Å². The Morgan fingerprint density at radius 3 is 2.30 bits per heavy atom. The van der Waals surface area contributed by atoms with Crippen molar-refractivity contribution in [3.63, 3.8) is 0 Å². The van der Waals surface area contributed by atoms with Crippen molar-refractivity contribution in [1.29, 1.82) is 0 Å². The fourth-order valence-electron chi connectivity index (χ4n) is 3.62. The lowest BCUT2D eigenvalue weighted by Crippen LogP contribution is -2.38. The van der Waals surface area contributed by atoms with Gasteiger partial charge in [-0.1, -0.05) is 43.5 Å². The Kier molecular flexibility index (Phi) is 6.12. The van der Waals surface area contributed by atoms with Crippen molar-refractivity contribution in [1.82, 2.24) is 4.90 Å². The Bertz CT molecular complexity index is 813. The van der Waals surface area contributed by atoms with Crippen LogP contribution in [0.3, 0.4) is 0 Å². The number of hydrogen-bond donors (Lipinski definition) is 1. The second-order valence-electron chi connectivity index (χ2n) is 6.91. The normalized spacial score (nSPS) is 14.4. The van der Waals surface area contributed by atoms with E-state index < -0.39 is 0 Å². The molecule has 3 rings (SSSR count). The van der Waals surface area contributed by atoms with Crippen LogP contribution in [0.15, 0.2) is 48.5 Å². The Labute approximate surface area is 160 Å². The van der Waals surface area contributed by atoms with Crippen LogP contribution in [-0.2, 0) is 0 Å². The molecule has 1 saturated carbocycles. The van der Waals surface area contributed by atoms with Crippen LogP contribution in [0.1, 0.15) is 52.8 Å². The molecule has 1 N–H and O–H groups in total. The molecular weight excluding hydrogens is 340 g/mol. The molecular formula is C22H26N2O3. The molecule has 5 heteroatoms. The van der Waals surface area contributed by atoms with E-state index in [1.165, 1.54) is 13.5 Å². The van der Waals surface area contributed by atoms with E-state index in [9.17, 15) is 9.59 Å². The fourth-order valence-corrected chi connectivity index (χ4v) is 3.62. The van der Waals surface area contributed by atoms with E-state index in [4.69, 9.17) is 4.74 Å². The van der Waals surface area contributed by atoms with Gasteiger partial charge in [-0.2, -0.15) is 0 Å². The van der Waals surface area contributed by atoms with Crippen molar-refractivity contribution in [2.45, 2.75) is 38.1 Å². The van der Waals surface area contributed by atoms with Gasteiger partial charge >= 0.3 is 0 Å². The zero-order valence-corrected chi connectivity index (χ0v) is 15.9. The number of anilines is 1. The molecule has 0 bridgehead atoms. The van der Waals surface area contributed by atoms with Crippen molar-refractivity contribution in [3.05, 3.63) is 59.7 Å². The molecule has 0 aromatic heterocycles. The average Bonchev–Trinajstić information content (AvgIpc) is 2.73. The number of para-hydroxylation sites is 2. The summed E-state index contributed by atoms with van der Waals surface area (Å²) in [7, 11) is 3.39. The predicted molar refractivity (Wildman–Crippen MR) is 106 cm³/mol. The second-order valence-corrected chi connectivity index (χ2v) is 6.91. The Balaban J connectivity index is 1.81. The molecule has 0 aliphatic heterocycles. The maximum absolute atomic E-state index is 13.1. The second kappa shape index (κ2) is 8.71. The van der Waals surface area contributed by atoms with E-state index in [0.717, 1.165) is 25.7 Å². The van der Waals surface area contributed by atoms with Gasteiger partial charge in [0, 0.05) is 13.1 Å². The number of carbonyl (C=O) groups excluding carboxylic acids is 2. The summed E-state index contributed by atoms with van der Waals surface area (Å²) in [4.78, 5) is 27.6. The zero-order chi connectivity index (χ0) is 19.2. The van der Waals surface area contributed by atoms with E-state index in [1.807, 2.05) is 30.1 Å². The van der Waals surface area contributed by atoms with Crippen molar-refractivity contribution in [2.75, 3.05) is 19.5 Å². The average molecular weight is 366 g/mol. The van der Waals surface area contributed by atoms with Crippen molar-refractivity contribution < 1.29 is 14.3 Å². The van der Waals surface area contributed by atoms with Gasteiger partial charge in [0.05, 0.1) is 23.9 Å². The summed E-state index contributed by atoms with van der Waals surface area (Å²) in [5.74, 6) is 0.143. The van der Waals surface area contributed by atoms with Crippen LogP contribution < -0.4 is 10.1 Å². The van der Waals surface area contributed by atoms with Crippen molar-refractivity contribution in [3.8, 4) is 5.75 Å². The van der Waals surface area contributed by atoms with Gasteiger partial charge in [-0.05, 0) is 37.1 Å². The highest BCUT2D eigenvalue weighted by atomic mass is 16.5. The number of carbonyl (C=O) groups is 2. The van der Waals surface area contributed by atoms with Crippen LogP contribution in [0.25, 0.3) is 0 Å². The number of amides is 2. The van der Waals surface area contributed by atoms with E-state index in [0.29, 0.717) is 22.6 Å². The molecule has 1 fully saturated rings. The minimum Gasteiger partial charge on any atom is -0.496 e. The first-order valence-corrected chi connectivity index (χ1v) is 9.42. The first kappa shape index (κ1) is 19.0. The van der Waals surface area contributed by atoms with Gasteiger partial charge in [-0.15, -0.1) is 0 Å². The van der Waals surface area contributed by atoms with Crippen LogP contribution >= 0.6 is 0 Å². The third kappa shape index (κ3) is 4.30. The lowest BCUT2D eigenvalue weighted by molar-refractivity contribution is 0.0697. The maximum atomic E-state index is 13.1. The highest BCUT2D eigenvalue weighted by Gasteiger charge is 2.25. The molecule has 2 aromatic rings. The summed E-state index contributed by atoms with van der Waals surface area (Å²) >= 11 is 0. The maximum Gasteiger partial charge on any atom is 0.259 e. The van der Waals surface area contributed by atoms with Crippen LogP contribution in [0, 0.1) is 0 Å². The van der Waals surface area contributed by atoms with Crippen LogP contribution in [0.5, 0.6) is 5.75 Å². The molecule has 2 amide bonds. The Morgan fingerprint density at radius 1 is 0.963 bits per heavy atom. The summed E-state index contributed by atoms with van der Waals surface area (Å²) in [5.41, 5.74) is 1.46. The first-order valence-electron chi connectivity index (χ1n) is 9.42. The highest BCUT2D eigenvalue weighted by Crippen LogP contribution is 2.26. The number of rotatable bonds is 5. The zero-order valence-electron chi connectivity index (χ0n) is 15.9. The SMILES string of the molecule is COc1ccccc1C(=O)Nc1ccccc1C(=O)N(C)C1CCCCC1. The Hall–Kier alpha value is -2.82. The summed E-state index contributed by atoms with van der Waals surface area (Å²) in [6, 6.07) is 14.5. The molecule has 2 aromatic carbocycles. The molecule has 27 heavy (non-hydrogen) atoms. The highest BCUT2D eigenvalue weighted by molar-refractivity contribution is 6.10. The molecule has 0 atom stereocenters. The first-order chi connectivity index (χ1) is 13.1. The largest absolute Gasteiger partial charge is 0.496 e. The molecule has 0 saturated heterocycles. The quantitative estimate of drug-likeness (QED) is 0.856. The number of nitrogens with one attached hydrogen (secondary N) is 1. The molecule has 142 valence electrons. The summed E-state index contributed by atoms with van der Waals surface area (Å²) in [6.45, 7) is 0. The number of benzene rings is 2. The molecule has 1 aliphatic carbocycles. The monoisotopic (exact) mass is 366 g/mol. The molecule has 0 spiro atoms. The predicted octanol–water partition coefficient (Wildman–Crippen LogP) is 4.35. The fraction of sp³-hybridized carbons (Fsp3) is 0.364. The smallest absolute Gasteiger partial charge is 0.259 e. The lowest BCUT2D eigenvalue weighted by Gasteiger charge is -2.31. The minimum atomic E-state index is -0.298. The van der Waals surface area contributed by atoms with Crippen molar-refractivity contribution >= 4 is 17.5 Å². The minimum absolute atomic E-state index is 0.0576. The number of ether oxygens (including phenoxy) is 1. The molecule has 0 radical (unpaired) electrons. The van der Waals surface area contributed by atoms with Gasteiger partial charge in [0.2, 0.25) is 0 Å². The van der Waals surface area contributed by atoms with Crippen LogP contribution in [-0.4, -0.2) is 36.9 Å². The molecule has 0 unspecified atom stereocenters. The lowest BCUT2D eigenvalue weighted by atomic mass is 9.94. The van der Waals surface area contributed by atoms with Gasteiger partial charge in [-0.25, -0.2) is 0 Å². The number of nitrogens with zero attached hydrogens (tertiary/aromatic N) is 1. The van der Waals surface area contributed by atoms with E-state index in [2.05, 4.69) is 5.32 Å². The van der Waals surface area contributed by atoms with E-state index in [-0.39, 0.29) is 17.9 Å². The van der Waals surface area contributed by atoms with E-state index in [1.54, 1.807) is 30.3 Å². The van der Waals surface area contributed by atoms with Gasteiger partial charge in [0.1, 0.15) is 5.75 Å².